The van der Waals surface area contributed by atoms with Crippen LogP contribution >= 0.6 is 0 Å². The molecular weight excluding hydrogens is 286 g/mol. The van der Waals surface area contributed by atoms with Crippen molar-refractivity contribution in [2.24, 2.45) is 0 Å². The molecule has 0 aliphatic rings. The predicted octanol–water partition coefficient (Wildman–Crippen LogP) is 3.82. The third kappa shape index (κ3) is 3.92. The SMILES string of the molecule is CNC(COCC(F)(F)F)c1ccc(F)c2ccccc12. The summed E-state index contributed by atoms with van der Waals surface area (Å²) >= 11 is 0. The monoisotopic (exact) mass is 301 g/mol. The van der Waals surface area contributed by atoms with Gasteiger partial charge >= 0.3 is 6.18 Å². The van der Waals surface area contributed by atoms with E-state index >= 15 is 0 Å². The van der Waals surface area contributed by atoms with Gasteiger partial charge in [0.25, 0.3) is 0 Å². The van der Waals surface area contributed by atoms with Crippen molar-refractivity contribution in [1.82, 2.24) is 5.32 Å². The summed E-state index contributed by atoms with van der Waals surface area (Å²) in [5.74, 6) is -0.361. The van der Waals surface area contributed by atoms with Crippen molar-refractivity contribution in [2.45, 2.75) is 12.2 Å². The number of alkyl halides is 3. The lowest BCUT2D eigenvalue weighted by Crippen LogP contribution is -2.25. The average molecular weight is 301 g/mol. The van der Waals surface area contributed by atoms with Gasteiger partial charge in [-0.1, -0.05) is 30.3 Å². The van der Waals surface area contributed by atoms with E-state index in [0.717, 1.165) is 0 Å². The molecule has 2 aromatic rings. The zero-order chi connectivity index (χ0) is 15.5. The minimum Gasteiger partial charge on any atom is -0.370 e. The molecule has 0 spiro atoms. The fraction of sp³-hybridized carbons (Fsp3) is 0.333. The summed E-state index contributed by atoms with van der Waals surface area (Å²) in [6.45, 7) is -1.45. The third-order valence-electron chi connectivity index (χ3n) is 3.18. The quantitative estimate of drug-likeness (QED) is 0.848. The van der Waals surface area contributed by atoms with E-state index < -0.39 is 18.8 Å². The van der Waals surface area contributed by atoms with E-state index in [-0.39, 0.29) is 12.4 Å². The maximum Gasteiger partial charge on any atom is 0.411 e. The number of hydrogen-bond donors (Lipinski definition) is 1. The molecule has 0 bridgehead atoms. The molecule has 2 nitrogen and oxygen atoms in total. The van der Waals surface area contributed by atoms with Gasteiger partial charge in [0.1, 0.15) is 12.4 Å². The van der Waals surface area contributed by atoms with Gasteiger partial charge in [-0.2, -0.15) is 13.2 Å². The van der Waals surface area contributed by atoms with Crippen molar-refractivity contribution in [2.75, 3.05) is 20.3 Å². The molecule has 0 radical (unpaired) electrons. The summed E-state index contributed by atoms with van der Waals surface area (Å²) in [4.78, 5) is 0. The van der Waals surface area contributed by atoms with E-state index in [0.29, 0.717) is 16.3 Å². The second-order valence-corrected chi connectivity index (χ2v) is 4.65. The number of nitrogens with one attached hydrogen (secondary N) is 1. The van der Waals surface area contributed by atoms with Crippen LogP contribution in [-0.2, 0) is 4.74 Å². The molecule has 0 aliphatic carbocycles. The summed E-state index contributed by atoms with van der Waals surface area (Å²) < 4.78 is 54.8. The van der Waals surface area contributed by atoms with Crippen LogP contribution in [0.5, 0.6) is 0 Å². The second kappa shape index (κ2) is 6.41. The standard InChI is InChI=1S/C15H15F4NO/c1-20-14(8-21-9-15(17,18)19)12-6-7-13(16)11-5-3-2-4-10(11)12/h2-7,14,20H,8-9H2,1H3. The van der Waals surface area contributed by atoms with Crippen LogP contribution in [-0.4, -0.2) is 26.4 Å². The Bertz CT molecular complexity index is 612. The molecule has 1 unspecified atom stereocenters. The van der Waals surface area contributed by atoms with Gasteiger partial charge in [0.2, 0.25) is 0 Å². The molecule has 1 N–H and O–H groups in total. The summed E-state index contributed by atoms with van der Waals surface area (Å²) in [6.07, 6.45) is -4.36. The van der Waals surface area contributed by atoms with Crippen molar-refractivity contribution < 1.29 is 22.3 Å². The Hall–Kier alpha value is -1.66. The largest absolute Gasteiger partial charge is 0.411 e. The Balaban J connectivity index is 2.24. The molecule has 2 aromatic carbocycles. The Morgan fingerprint density at radius 1 is 1.10 bits per heavy atom. The molecule has 114 valence electrons. The minimum atomic E-state index is -4.36. The molecule has 0 saturated carbocycles. The van der Waals surface area contributed by atoms with Gasteiger partial charge in [0, 0.05) is 5.39 Å². The Labute approximate surface area is 119 Å². The van der Waals surface area contributed by atoms with E-state index in [9.17, 15) is 17.6 Å². The fourth-order valence-corrected chi connectivity index (χ4v) is 2.21. The van der Waals surface area contributed by atoms with Crippen LogP contribution < -0.4 is 5.32 Å². The number of likely N-dealkylation sites (N-methyl/N-ethyl adjacent to an activating group) is 1. The predicted molar refractivity (Wildman–Crippen MR) is 72.6 cm³/mol. The van der Waals surface area contributed by atoms with Crippen molar-refractivity contribution in [3.8, 4) is 0 Å². The third-order valence-corrected chi connectivity index (χ3v) is 3.18. The van der Waals surface area contributed by atoms with E-state index in [4.69, 9.17) is 4.74 Å². The van der Waals surface area contributed by atoms with E-state index in [1.165, 1.54) is 6.07 Å². The van der Waals surface area contributed by atoms with Crippen LogP contribution in [0.3, 0.4) is 0 Å². The minimum absolute atomic E-state index is 0.147. The lowest BCUT2D eigenvalue weighted by Gasteiger charge is -2.19. The molecule has 0 amide bonds. The molecule has 0 aliphatic heterocycles. The number of benzene rings is 2. The van der Waals surface area contributed by atoms with Crippen LogP contribution in [0.25, 0.3) is 10.8 Å². The first kappa shape index (κ1) is 15.7. The normalized spacial score (nSPS) is 13.6. The highest BCUT2D eigenvalue weighted by atomic mass is 19.4. The number of halogens is 4. The highest BCUT2D eigenvalue weighted by Crippen LogP contribution is 2.27. The number of rotatable bonds is 5. The lowest BCUT2D eigenvalue weighted by atomic mass is 9.99. The van der Waals surface area contributed by atoms with Crippen molar-refractivity contribution in [3.05, 3.63) is 47.8 Å². The Morgan fingerprint density at radius 3 is 2.38 bits per heavy atom. The van der Waals surface area contributed by atoms with E-state index in [1.54, 1.807) is 37.4 Å². The van der Waals surface area contributed by atoms with E-state index in [1.807, 2.05) is 0 Å². The van der Waals surface area contributed by atoms with Gasteiger partial charge in [-0.25, -0.2) is 4.39 Å². The van der Waals surface area contributed by atoms with Gasteiger partial charge in [-0.3, -0.25) is 0 Å². The van der Waals surface area contributed by atoms with Crippen molar-refractivity contribution in [3.63, 3.8) is 0 Å². The molecule has 0 saturated heterocycles. The number of ether oxygens (including phenoxy) is 1. The smallest absolute Gasteiger partial charge is 0.370 e. The molecule has 0 heterocycles. The van der Waals surface area contributed by atoms with Crippen LogP contribution in [0.2, 0.25) is 0 Å². The van der Waals surface area contributed by atoms with Crippen LogP contribution in [0, 0.1) is 5.82 Å². The maximum atomic E-state index is 13.7. The van der Waals surface area contributed by atoms with Crippen LogP contribution in [0.4, 0.5) is 17.6 Å². The Morgan fingerprint density at radius 2 is 1.76 bits per heavy atom. The molecule has 0 fully saturated rings. The summed E-state index contributed by atoms with van der Waals surface area (Å²) in [6, 6.07) is 9.27. The molecule has 0 aromatic heterocycles. The second-order valence-electron chi connectivity index (χ2n) is 4.65. The maximum absolute atomic E-state index is 13.7. The molecule has 6 heteroatoms. The van der Waals surface area contributed by atoms with Crippen molar-refractivity contribution >= 4 is 10.8 Å². The number of fused-ring (bicyclic) bond motifs is 1. The fourth-order valence-electron chi connectivity index (χ4n) is 2.21. The molecule has 1 atom stereocenters. The zero-order valence-corrected chi connectivity index (χ0v) is 11.4. The lowest BCUT2D eigenvalue weighted by molar-refractivity contribution is -0.175. The first-order valence-corrected chi connectivity index (χ1v) is 6.41. The first-order chi connectivity index (χ1) is 9.92. The summed E-state index contributed by atoms with van der Waals surface area (Å²) in [7, 11) is 1.62. The Kier molecular flexibility index (Phi) is 4.80. The average Bonchev–Trinajstić information content (AvgIpc) is 2.44. The molecular formula is C15H15F4NO. The highest BCUT2D eigenvalue weighted by Gasteiger charge is 2.28. The zero-order valence-electron chi connectivity index (χ0n) is 11.4. The topological polar surface area (TPSA) is 21.3 Å². The number of hydrogen-bond acceptors (Lipinski definition) is 2. The molecule has 21 heavy (non-hydrogen) atoms. The first-order valence-electron chi connectivity index (χ1n) is 6.41. The van der Waals surface area contributed by atoms with Gasteiger partial charge < -0.3 is 10.1 Å². The summed E-state index contributed by atoms with van der Waals surface area (Å²) in [5.41, 5.74) is 0.705. The van der Waals surface area contributed by atoms with Gasteiger partial charge in [-0.05, 0) is 24.1 Å². The van der Waals surface area contributed by atoms with Gasteiger partial charge in [-0.15, -0.1) is 0 Å². The van der Waals surface area contributed by atoms with Gasteiger partial charge in [0.15, 0.2) is 0 Å². The van der Waals surface area contributed by atoms with E-state index in [2.05, 4.69) is 5.32 Å². The van der Waals surface area contributed by atoms with Crippen LogP contribution in [0.15, 0.2) is 36.4 Å². The summed E-state index contributed by atoms with van der Waals surface area (Å²) in [5, 5.41) is 4.00. The van der Waals surface area contributed by atoms with Gasteiger partial charge in [0.05, 0.1) is 12.6 Å². The highest BCUT2D eigenvalue weighted by molar-refractivity contribution is 5.86. The van der Waals surface area contributed by atoms with Crippen molar-refractivity contribution in [1.29, 1.82) is 0 Å². The molecule has 2 rings (SSSR count). The van der Waals surface area contributed by atoms with Crippen LogP contribution in [0.1, 0.15) is 11.6 Å².